The van der Waals surface area contributed by atoms with Crippen molar-refractivity contribution in [3.8, 4) is 0 Å². The fourth-order valence-corrected chi connectivity index (χ4v) is 1.56. The van der Waals surface area contributed by atoms with Gasteiger partial charge in [-0.1, -0.05) is 0 Å². The van der Waals surface area contributed by atoms with E-state index in [9.17, 15) is 5.11 Å². The third-order valence-electron chi connectivity index (χ3n) is 1.52. The van der Waals surface area contributed by atoms with E-state index in [0.717, 1.165) is 5.69 Å². The molecule has 3 N–H and O–H groups in total. The van der Waals surface area contributed by atoms with Crippen molar-refractivity contribution >= 4 is 11.5 Å². The second kappa shape index (κ2) is 3.51. The molecule has 0 aliphatic heterocycles. The van der Waals surface area contributed by atoms with Crippen LogP contribution < -0.4 is 5.73 Å². The number of aromatic nitrogens is 1. The summed E-state index contributed by atoms with van der Waals surface area (Å²) in [6.07, 6.45) is 0.00718. The van der Waals surface area contributed by atoms with Crippen molar-refractivity contribution in [3.05, 3.63) is 17.1 Å². The first-order valence-electron chi connectivity index (χ1n) is 3.86. The monoisotopic (exact) mass is 186 g/mol. The van der Waals surface area contributed by atoms with Gasteiger partial charge in [0.2, 0.25) is 0 Å². The van der Waals surface area contributed by atoms with Crippen molar-refractivity contribution in [2.75, 3.05) is 0 Å². The number of aliphatic hydroxyl groups excluding tert-OH is 1. The molecule has 1 heterocycles. The maximum absolute atomic E-state index is 9.61. The van der Waals surface area contributed by atoms with E-state index in [0.29, 0.717) is 6.42 Å². The Labute approximate surface area is 76.4 Å². The minimum Gasteiger partial charge on any atom is -0.387 e. The van der Waals surface area contributed by atoms with Gasteiger partial charge in [0.15, 0.2) is 0 Å². The van der Waals surface area contributed by atoms with Crippen molar-refractivity contribution in [2.45, 2.75) is 31.9 Å². The van der Waals surface area contributed by atoms with Gasteiger partial charge in [0.25, 0.3) is 0 Å². The number of aliphatic hydroxyl groups is 1. The number of nitrogens with two attached hydrogens (primary N) is 1. The lowest BCUT2D eigenvalue weighted by molar-refractivity contribution is 0.139. The molecule has 0 saturated carbocycles. The minimum absolute atomic E-state index is 0.344. The molecule has 1 aromatic heterocycles. The maximum Gasteiger partial charge on any atom is 0.0987 e. The molecule has 0 amide bonds. The zero-order valence-electron chi connectivity index (χ0n) is 7.32. The van der Waals surface area contributed by atoms with Crippen LogP contribution >= 0.6 is 11.5 Å². The van der Waals surface area contributed by atoms with Gasteiger partial charge in [0.05, 0.1) is 11.8 Å². The molecule has 1 rings (SSSR count). The number of hydrogen-bond donors (Lipinski definition) is 2. The Morgan fingerprint density at radius 3 is 2.83 bits per heavy atom. The van der Waals surface area contributed by atoms with Crippen LogP contribution in [-0.4, -0.2) is 15.0 Å². The molecular formula is C8H14N2OS. The van der Waals surface area contributed by atoms with Crippen LogP contribution in [0, 0.1) is 0 Å². The average Bonchev–Trinajstić information content (AvgIpc) is 2.32. The summed E-state index contributed by atoms with van der Waals surface area (Å²) in [4.78, 5) is 0. The third-order valence-corrected chi connectivity index (χ3v) is 2.09. The molecule has 12 heavy (non-hydrogen) atoms. The molecule has 68 valence electrons. The second-order valence-corrected chi connectivity index (χ2v) is 4.30. The van der Waals surface area contributed by atoms with Crippen LogP contribution in [0.1, 0.15) is 32.1 Å². The molecule has 3 nitrogen and oxygen atoms in total. The molecule has 0 radical (unpaired) electrons. The van der Waals surface area contributed by atoms with Gasteiger partial charge in [-0.25, -0.2) is 0 Å². The first-order chi connectivity index (χ1) is 5.49. The first kappa shape index (κ1) is 9.64. The summed E-state index contributed by atoms with van der Waals surface area (Å²) < 4.78 is 4.04. The van der Waals surface area contributed by atoms with Crippen LogP contribution in [0.2, 0.25) is 0 Å². The molecule has 1 unspecified atom stereocenters. The predicted octanol–water partition coefficient (Wildman–Crippen LogP) is 1.30. The highest BCUT2D eigenvalue weighted by Gasteiger charge is 2.19. The van der Waals surface area contributed by atoms with Crippen molar-refractivity contribution in [2.24, 2.45) is 5.73 Å². The molecule has 0 saturated heterocycles. The van der Waals surface area contributed by atoms with Crippen LogP contribution in [-0.2, 0) is 0 Å². The summed E-state index contributed by atoms with van der Waals surface area (Å²) in [6.45, 7) is 3.78. The highest BCUT2D eigenvalue weighted by Crippen LogP contribution is 2.21. The standard InChI is InChI=1S/C8H14N2OS/c1-8(2,9)5-7(11)6-3-4-12-10-6/h3-4,7,11H,5,9H2,1-2H3. The van der Waals surface area contributed by atoms with Crippen molar-refractivity contribution in [1.29, 1.82) is 0 Å². The zero-order chi connectivity index (χ0) is 9.19. The maximum atomic E-state index is 9.61. The van der Waals surface area contributed by atoms with Gasteiger partial charge in [-0.15, -0.1) is 0 Å². The molecule has 1 aromatic rings. The molecule has 0 aromatic carbocycles. The Morgan fingerprint density at radius 2 is 2.42 bits per heavy atom. The van der Waals surface area contributed by atoms with E-state index in [1.54, 1.807) is 0 Å². The second-order valence-electron chi connectivity index (χ2n) is 3.63. The average molecular weight is 186 g/mol. The largest absolute Gasteiger partial charge is 0.387 e. The molecule has 0 aliphatic rings. The van der Waals surface area contributed by atoms with E-state index in [2.05, 4.69) is 4.37 Å². The van der Waals surface area contributed by atoms with Crippen LogP contribution in [0.25, 0.3) is 0 Å². The van der Waals surface area contributed by atoms with Crippen LogP contribution in [0.5, 0.6) is 0 Å². The molecule has 4 heteroatoms. The van der Waals surface area contributed by atoms with Crippen LogP contribution in [0.15, 0.2) is 11.4 Å². The van der Waals surface area contributed by atoms with Crippen molar-refractivity contribution in [1.82, 2.24) is 4.37 Å². The normalized spacial score (nSPS) is 14.7. The van der Waals surface area contributed by atoms with E-state index < -0.39 is 6.10 Å². The molecule has 1 atom stereocenters. The highest BCUT2D eigenvalue weighted by molar-refractivity contribution is 7.03. The smallest absolute Gasteiger partial charge is 0.0987 e. The predicted molar refractivity (Wildman–Crippen MR) is 50.0 cm³/mol. The quantitative estimate of drug-likeness (QED) is 0.748. The van der Waals surface area contributed by atoms with Crippen molar-refractivity contribution < 1.29 is 5.11 Å². The van der Waals surface area contributed by atoms with E-state index in [1.807, 2.05) is 25.3 Å². The summed E-state index contributed by atoms with van der Waals surface area (Å²) in [5.74, 6) is 0. The Morgan fingerprint density at radius 1 is 1.75 bits per heavy atom. The van der Waals surface area contributed by atoms with Gasteiger partial charge in [0.1, 0.15) is 0 Å². The number of nitrogens with zero attached hydrogens (tertiary/aromatic N) is 1. The highest BCUT2D eigenvalue weighted by atomic mass is 32.1. The van der Waals surface area contributed by atoms with Crippen LogP contribution in [0.3, 0.4) is 0 Å². The molecule has 0 spiro atoms. The summed E-state index contributed by atoms with van der Waals surface area (Å²) in [6, 6.07) is 1.82. The van der Waals surface area contributed by atoms with Gasteiger partial charge in [-0.3, -0.25) is 0 Å². The fraction of sp³-hybridized carbons (Fsp3) is 0.625. The summed E-state index contributed by atoms with van der Waals surface area (Å²) in [7, 11) is 0. The van der Waals surface area contributed by atoms with Gasteiger partial charge < -0.3 is 10.8 Å². The van der Waals surface area contributed by atoms with Gasteiger partial charge in [0, 0.05) is 10.9 Å². The number of rotatable bonds is 3. The van der Waals surface area contributed by atoms with E-state index in [4.69, 9.17) is 5.73 Å². The Bertz CT molecular complexity index is 228. The Balaban J connectivity index is 2.56. The summed E-state index contributed by atoms with van der Waals surface area (Å²) in [5.41, 5.74) is 6.13. The van der Waals surface area contributed by atoms with Crippen LogP contribution in [0.4, 0.5) is 0 Å². The zero-order valence-corrected chi connectivity index (χ0v) is 8.14. The number of hydrogen-bond acceptors (Lipinski definition) is 4. The molecule has 0 fully saturated rings. The van der Waals surface area contributed by atoms with E-state index in [-0.39, 0.29) is 5.54 Å². The SMILES string of the molecule is CC(C)(N)CC(O)c1ccsn1. The summed E-state index contributed by atoms with van der Waals surface area (Å²) in [5, 5.41) is 11.5. The van der Waals surface area contributed by atoms with Gasteiger partial charge in [-0.05, 0) is 37.9 Å². The fourth-order valence-electron chi connectivity index (χ4n) is 0.997. The lowest BCUT2D eigenvalue weighted by Crippen LogP contribution is -2.33. The summed E-state index contributed by atoms with van der Waals surface area (Å²) >= 11 is 1.34. The molecular weight excluding hydrogens is 172 g/mol. The first-order valence-corrected chi connectivity index (χ1v) is 4.70. The van der Waals surface area contributed by atoms with E-state index in [1.165, 1.54) is 11.5 Å². The molecule has 0 aliphatic carbocycles. The van der Waals surface area contributed by atoms with Crippen molar-refractivity contribution in [3.63, 3.8) is 0 Å². The molecule has 0 bridgehead atoms. The lowest BCUT2D eigenvalue weighted by atomic mass is 9.97. The lowest BCUT2D eigenvalue weighted by Gasteiger charge is -2.21. The minimum atomic E-state index is -0.531. The topological polar surface area (TPSA) is 59.1 Å². The third kappa shape index (κ3) is 2.89. The van der Waals surface area contributed by atoms with E-state index >= 15 is 0 Å². The Kier molecular flexibility index (Phi) is 2.82. The van der Waals surface area contributed by atoms with Gasteiger partial charge >= 0.3 is 0 Å². The van der Waals surface area contributed by atoms with Gasteiger partial charge in [-0.2, -0.15) is 4.37 Å². The Hall–Kier alpha value is -0.450.